The second kappa shape index (κ2) is 6.67. The Morgan fingerprint density at radius 3 is 2.20 bits per heavy atom. The van der Waals surface area contributed by atoms with Gasteiger partial charge in [-0.15, -0.1) is 0 Å². The van der Waals surface area contributed by atoms with E-state index in [2.05, 4.69) is 0 Å². The standard InChI is InChI=1S/C18H22ClN3O3/c1-13(23)21-7-8-22(17(25)14-3-5-15(19)6-4-14)12-18(11-21)9-16(24)20(2)10-18/h3-6H,7-12H2,1-2H3/t18-/m1/s1. The summed E-state index contributed by atoms with van der Waals surface area (Å²) in [5.74, 6) is -0.0603. The molecule has 0 radical (unpaired) electrons. The van der Waals surface area contributed by atoms with Crippen molar-refractivity contribution in [1.82, 2.24) is 14.7 Å². The quantitative estimate of drug-likeness (QED) is 0.759. The highest BCUT2D eigenvalue weighted by atomic mass is 35.5. The molecule has 1 atom stereocenters. The van der Waals surface area contributed by atoms with Crippen LogP contribution in [0.25, 0.3) is 0 Å². The Morgan fingerprint density at radius 2 is 1.64 bits per heavy atom. The van der Waals surface area contributed by atoms with Crippen molar-refractivity contribution in [2.75, 3.05) is 39.8 Å². The molecule has 0 N–H and O–H groups in total. The number of amides is 3. The summed E-state index contributed by atoms with van der Waals surface area (Å²) in [7, 11) is 1.77. The fourth-order valence-corrected chi connectivity index (χ4v) is 3.92. The van der Waals surface area contributed by atoms with Gasteiger partial charge in [0.25, 0.3) is 5.91 Å². The molecule has 1 aromatic carbocycles. The van der Waals surface area contributed by atoms with Crippen molar-refractivity contribution < 1.29 is 14.4 Å². The summed E-state index contributed by atoms with van der Waals surface area (Å²) in [6.45, 7) is 4.00. The third kappa shape index (κ3) is 3.63. The van der Waals surface area contributed by atoms with Crippen LogP contribution in [0.2, 0.25) is 5.02 Å². The molecule has 2 heterocycles. The number of halogens is 1. The van der Waals surface area contributed by atoms with E-state index < -0.39 is 5.41 Å². The van der Waals surface area contributed by atoms with Crippen LogP contribution in [-0.4, -0.2) is 72.2 Å². The monoisotopic (exact) mass is 363 g/mol. The summed E-state index contributed by atoms with van der Waals surface area (Å²) >= 11 is 5.90. The number of carbonyl (C=O) groups is 3. The van der Waals surface area contributed by atoms with Crippen molar-refractivity contribution in [2.24, 2.45) is 5.41 Å². The van der Waals surface area contributed by atoms with Crippen LogP contribution in [-0.2, 0) is 9.59 Å². The zero-order valence-electron chi connectivity index (χ0n) is 14.5. The van der Waals surface area contributed by atoms with Crippen molar-refractivity contribution in [3.8, 4) is 0 Å². The Kier molecular flexibility index (Phi) is 4.73. The highest BCUT2D eigenvalue weighted by molar-refractivity contribution is 6.30. The first-order chi connectivity index (χ1) is 11.8. The second-order valence-electron chi connectivity index (χ2n) is 7.10. The third-order valence-corrected chi connectivity index (χ3v) is 5.29. The van der Waals surface area contributed by atoms with Gasteiger partial charge in [0, 0.05) is 69.1 Å². The fourth-order valence-electron chi connectivity index (χ4n) is 3.79. The zero-order chi connectivity index (χ0) is 18.2. The first kappa shape index (κ1) is 17.7. The van der Waals surface area contributed by atoms with Crippen LogP contribution in [0.5, 0.6) is 0 Å². The van der Waals surface area contributed by atoms with E-state index in [4.69, 9.17) is 11.6 Å². The van der Waals surface area contributed by atoms with Crippen LogP contribution in [0.1, 0.15) is 23.7 Å². The molecule has 0 saturated carbocycles. The van der Waals surface area contributed by atoms with Crippen LogP contribution in [0.4, 0.5) is 0 Å². The molecule has 1 aromatic rings. The van der Waals surface area contributed by atoms with E-state index in [-0.39, 0.29) is 17.7 Å². The average Bonchev–Trinajstić information content (AvgIpc) is 2.72. The molecular formula is C18H22ClN3O3. The molecule has 1 spiro atoms. The molecule has 0 bridgehead atoms. The molecular weight excluding hydrogens is 342 g/mol. The topological polar surface area (TPSA) is 60.9 Å². The SMILES string of the molecule is CC(=O)N1CCN(C(=O)c2ccc(Cl)cc2)C[C@@]2(CC(=O)N(C)C2)C1. The molecule has 6 nitrogen and oxygen atoms in total. The number of rotatable bonds is 1. The van der Waals surface area contributed by atoms with Gasteiger partial charge < -0.3 is 14.7 Å². The Labute approximate surface area is 152 Å². The number of hydrogen-bond donors (Lipinski definition) is 0. The van der Waals surface area contributed by atoms with Gasteiger partial charge in [-0.05, 0) is 24.3 Å². The van der Waals surface area contributed by atoms with Gasteiger partial charge in [-0.1, -0.05) is 11.6 Å². The Hall–Kier alpha value is -2.08. The maximum atomic E-state index is 12.9. The highest BCUT2D eigenvalue weighted by Crippen LogP contribution is 2.34. The maximum absolute atomic E-state index is 12.9. The molecule has 0 unspecified atom stereocenters. The molecule has 0 aliphatic carbocycles. The van der Waals surface area contributed by atoms with E-state index in [1.54, 1.807) is 46.0 Å². The van der Waals surface area contributed by atoms with Crippen molar-refractivity contribution in [1.29, 1.82) is 0 Å². The number of carbonyl (C=O) groups excluding carboxylic acids is 3. The summed E-state index contributed by atoms with van der Waals surface area (Å²) < 4.78 is 0. The predicted octanol–water partition coefficient (Wildman–Crippen LogP) is 1.49. The first-order valence-corrected chi connectivity index (χ1v) is 8.72. The lowest BCUT2D eigenvalue weighted by Gasteiger charge is -2.33. The van der Waals surface area contributed by atoms with Crippen LogP contribution < -0.4 is 0 Å². The lowest BCUT2D eigenvalue weighted by molar-refractivity contribution is -0.130. The van der Waals surface area contributed by atoms with Gasteiger partial charge >= 0.3 is 0 Å². The third-order valence-electron chi connectivity index (χ3n) is 5.04. The van der Waals surface area contributed by atoms with E-state index in [1.165, 1.54) is 6.92 Å². The molecule has 25 heavy (non-hydrogen) atoms. The van der Waals surface area contributed by atoms with E-state index >= 15 is 0 Å². The minimum Gasteiger partial charge on any atom is -0.345 e. The molecule has 2 fully saturated rings. The molecule has 2 aliphatic heterocycles. The molecule has 2 aliphatic rings. The van der Waals surface area contributed by atoms with E-state index in [1.807, 2.05) is 0 Å². The van der Waals surface area contributed by atoms with Gasteiger partial charge in [0.1, 0.15) is 0 Å². The second-order valence-corrected chi connectivity index (χ2v) is 7.54. The Balaban J connectivity index is 1.87. The minimum absolute atomic E-state index is 0.0258. The number of likely N-dealkylation sites (tertiary alicyclic amines) is 1. The van der Waals surface area contributed by atoms with Crippen molar-refractivity contribution >= 4 is 29.3 Å². The maximum Gasteiger partial charge on any atom is 0.253 e. The van der Waals surface area contributed by atoms with Crippen LogP contribution >= 0.6 is 11.6 Å². The minimum atomic E-state index is -0.407. The Morgan fingerprint density at radius 1 is 1.04 bits per heavy atom. The molecule has 3 rings (SSSR count). The van der Waals surface area contributed by atoms with Gasteiger partial charge in [-0.3, -0.25) is 14.4 Å². The molecule has 2 saturated heterocycles. The van der Waals surface area contributed by atoms with E-state index in [9.17, 15) is 14.4 Å². The van der Waals surface area contributed by atoms with Crippen molar-refractivity contribution in [3.05, 3.63) is 34.9 Å². The molecule has 7 heteroatoms. The lowest BCUT2D eigenvalue weighted by Crippen LogP contribution is -2.44. The number of nitrogens with zero attached hydrogens (tertiary/aromatic N) is 3. The normalized spacial score (nSPS) is 24.0. The van der Waals surface area contributed by atoms with E-state index in [0.29, 0.717) is 49.7 Å². The summed E-state index contributed by atoms with van der Waals surface area (Å²) in [5, 5.41) is 0.578. The van der Waals surface area contributed by atoms with Gasteiger partial charge in [-0.2, -0.15) is 0 Å². The zero-order valence-corrected chi connectivity index (χ0v) is 15.3. The van der Waals surface area contributed by atoms with Gasteiger partial charge in [-0.25, -0.2) is 0 Å². The van der Waals surface area contributed by atoms with Crippen molar-refractivity contribution in [2.45, 2.75) is 13.3 Å². The first-order valence-electron chi connectivity index (χ1n) is 8.34. The summed E-state index contributed by atoms with van der Waals surface area (Å²) in [6, 6.07) is 6.79. The number of hydrogen-bond acceptors (Lipinski definition) is 3. The van der Waals surface area contributed by atoms with Gasteiger partial charge in [0.05, 0.1) is 0 Å². The van der Waals surface area contributed by atoms with E-state index in [0.717, 1.165) is 0 Å². The average molecular weight is 364 g/mol. The van der Waals surface area contributed by atoms with Crippen molar-refractivity contribution in [3.63, 3.8) is 0 Å². The molecule has 134 valence electrons. The van der Waals surface area contributed by atoms with Crippen LogP contribution in [0, 0.1) is 5.41 Å². The fraction of sp³-hybridized carbons (Fsp3) is 0.500. The highest BCUT2D eigenvalue weighted by Gasteiger charge is 2.46. The largest absolute Gasteiger partial charge is 0.345 e. The van der Waals surface area contributed by atoms with Gasteiger partial charge in [0.15, 0.2) is 0 Å². The Bertz CT molecular complexity index is 706. The lowest BCUT2D eigenvalue weighted by atomic mass is 9.85. The summed E-state index contributed by atoms with van der Waals surface area (Å²) in [6.07, 6.45) is 0.359. The van der Waals surface area contributed by atoms with Gasteiger partial charge in [0.2, 0.25) is 11.8 Å². The predicted molar refractivity (Wildman–Crippen MR) is 94.3 cm³/mol. The summed E-state index contributed by atoms with van der Waals surface area (Å²) in [4.78, 5) is 42.2. The smallest absolute Gasteiger partial charge is 0.253 e. The van der Waals surface area contributed by atoms with Crippen LogP contribution in [0.3, 0.4) is 0 Å². The number of benzene rings is 1. The summed E-state index contributed by atoms with van der Waals surface area (Å²) in [5.41, 5.74) is 0.157. The van der Waals surface area contributed by atoms with Crippen LogP contribution in [0.15, 0.2) is 24.3 Å². The molecule has 3 amide bonds. The molecule has 0 aromatic heterocycles.